The molecule has 16 heavy (non-hydrogen) atoms. The molecule has 0 atom stereocenters. The van der Waals surface area contributed by atoms with E-state index in [1.807, 2.05) is 13.8 Å². The zero-order valence-corrected chi connectivity index (χ0v) is 10.7. The molecule has 0 aromatic heterocycles. The largest absolute Gasteiger partial charge is 0.310 e. The average Bonchev–Trinajstić information content (AvgIpc) is 2.10. The quantitative estimate of drug-likeness (QED) is 0.491. The Morgan fingerprint density at radius 2 is 1.06 bits per heavy atom. The van der Waals surface area contributed by atoms with Crippen LogP contribution >= 0.6 is 0 Å². The van der Waals surface area contributed by atoms with Gasteiger partial charge in [0, 0.05) is 35.7 Å². The average molecular weight is 222 g/mol. The second-order valence-corrected chi connectivity index (χ2v) is 4.15. The van der Waals surface area contributed by atoms with Crippen LogP contribution < -0.4 is 0 Å². The molecule has 0 saturated carbocycles. The van der Waals surface area contributed by atoms with Gasteiger partial charge >= 0.3 is 0 Å². The predicted molar refractivity (Wildman–Crippen MR) is 72.0 cm³/mol. The Morgan fingerprint density at radius 1 is 0.750 bits per heavy atom. The van der Waals surface area contributed by atoms with Crippen molar-refractivity contribution in [2.24, 2.45) is 9.98 Å². The Kier molecular flexibility index (Phi) is 7.25. The number of nitrogens with zero attached hydrogens (tertiary/aromatic N) is 2. The van der Waals surface area contributed by atoms with Gasteiger partial charge in [0.1, 0.15) is 0 Å². The van der Waals surface area contributed by atoms with Crippen LogP contribution in [0.1, 0.15) is 40.5 Å². The van der Waals surface area contributed by atoms with E-state index in [-0.39, 0.29) is 0 Å². The van der Waals surface area contributed by atoms with Gasteiger partial charge in [-0.25, -0.2) is 0 Å². The molecule has 2 N–H and O–H groups in total. The number of hydrogen-bond donors (Lipinski definition) is 2. The number of nitrogens with one attached hydrogen (secondary N) is 2. The molecule has 0 fully saturated rings. The van der Waals surface area contributed by atoms with Gasteiger partial charge in [-0.3, -0.25) is 9.98 Å². The van der Waals surface area contributed by atoms with Gasteiger partial charge in [0.25, 0.3) is 0 Å². The van der Waals surface area contributed by atoms with E-state index in [0.717, 1.165) is 11.4 Å². The summed E-state index contributed by atoms with van der Waals surface area (Å²) in [6.07, 6.45) is 1.31. The SMILES string of the molecule is CC(=N)CC(C)=NCCN=C(C)CC(C)=N. The summed E-state index contributed by atoms with van der Waals surface area (Å²) >= 11 is 0. The van der Waals surface area contributed by atoms with E-state index >= 15 is 0 Å². The Hall–Kier alpha value is -1.32. The highest BCUT2D eigenvalue weighted by atomic mass is 14.8. The van der Waals surface area contributed by atoms with Crippen molar-refractivity contribution in [3.63, 3.8) is 0 Å². The van der Waals surface area contributed by atoms with Crippen LogP contribution in [-0.2, 0) is 0 Å². The molecule has 0 aliphatic rings. The first kappa shape index (κ1) is 14.7. The normalized spacial score (nSPS) is 12.8. The first-order chi connectivity index (χ1) is 7.41. The van der Waals surface area contributed by atoms with Gasteiger partial charge in [-0.05, 0) is 27.7 Å². The van der Waals surface area contributed by atoms with Crippen molar-refractivity contribution in [3.05, 3.63) is 0 Å². The summed E-state index contributed by atoms with van der Waals surface area (Å²) in [4.78, 5) is 8.66. The minimum Gasteiger partial charge on any atom is -0.310 e. The number of hydrogen-bond acceptors (Lipinski definition) is 4. The van der Waals surface area contributed by atoms with Crippen LogP contribution in [-0.4, -0.2) is 35.9 Å². The van der Waals surface area contributed by atoms with Crippen molar-refractivity contribution in [1.82, 2.24) is 0 Å². The zero-order valence-electron chi connectivity index (χ0n) is 10.7. The molecule has 0 unspecified atom stereocenters. The van der Waals surface area contributed by atoms with Gasteiger partial charge in [0.2, 0.25) is 0 Å². The molecule has 0 rings (SSSR count). The van der Waals surface area contributed by atoms with E-state index in [1.165, 1.54) is 0 Å². The molecule has 0 heterocycles. The summed E-state index contributed by atoms with van der Waals surface area (Å²) in [7, 11) is 0. The maximum Gasteiger partial charge on any atom is 0.0584 e. The molecular formula is C12H22N4. The van der Waals surface area contributed by atoms with E-state index in [4.69, 9.17) is 10.8 Å². The molecule has 0 amide bonds. The molecule has 0 aromatic rings. The van der Waals surface area contributed by atoms with Gasteiger partial charge < -0.3 is 10.8 Å². The number of rotatable bonds is 7. The molecule has 90 valence electrons. The van der Waals surface area contributed by atoms with Crippen LogP contribution in [0.25, 0.3) is 0 Å². The maximum absolute atomic E-state index is 7.32. The highest BCUT2D eigenvalue weighted by Crippen LogP contribution is 1.91. The van der Waals surface area contributed by atoms with Crippen molar-refractivity contribution in [2.45, 2.75) is 40.5 Å². The van der Waals surface area contributed by atoms with Crippen LogP contribution in [0.3, 0.4) is 0 Å². The van der Waals surface area contributed by atoms with Crippen molar-refractivity contribution < 1.29 is 0 Å². The molecule has 0 aliphatic carbocycles. The van der Waals surface area contributed by atoms with Gasteiger partial charge in [-0.1, -0.05) is 0 Å². The molecular weight excluding hydrogens is 200 g/mol. The summed E-state index contributed by atoms with van der Waals surface area (Å²) in [5.41, 5.74) is 3.26. The summed E-state index contributed by atoms with van der Waals surface area (Å²) < 4.78 is 0. The van der Waals surface area contributed by atoms with Crippen LogP contribution in [0.4, 0.5) is 0 Å². The highest BCUT2D eigenvalue weighted by Gasteiger charge is 1.94. The van der Waals surface area contributed by atoms with Gasteiger partial charge in [-0.15, -0.1) is 0 Å². The number of aliphatic imine (C=N–C) groups is 2. The van der Waals surface area contributed by atoms with E-state index in [2.05, 4.69) is 9.98 Å². The predicted octanol–water partition coefficient (Wildman–Crippen LogP) is 2.77. The standard InChI is InChI=1S/C12H22N4/c1-9(13)7-11(3)15-5-6-16-12(4)8-10(2)14/h13-14H,5-8H2,1-4H3. The Balaban J connectivity index is 3.89. The summed E-state index contributed by atoms with van der Waals surface area (Å²) in [6.45, 7) is 8.80. The van der Waals surface area contributed by atoms with Crippen molar-refractivity contribution in [3.8, 4) is 0 Å². The molecule has 0 saturated heterocycles. The second-order valence-electron chi connectivity index (χ2n) is 4.15. The van der Waals surface area contributed by atoms with Crippen molar-refractivity contribution in [2.75, 3.05) is 13.1 Å². The lowest BCUT2D eigenvalue weighted by molar-refractivity contribution is 0.965. The molecule has 0 aromatic carbocycles. The Labute approximate surface area is 97.9 Å². The van der Waals surface area contributed by atoms with Crippen molar-refractivity contribution >= 4 is 22.8 Å². The first-order valence-electron chi connectivity index (χ1n) is 5.49. The molecule has 0 radical (unpaired) electrons. The fraction of sp³-hybridized carbons (Fsp3) is 0.667. The lowest BCUT2D eigenvalue weighted by Gasteiger charge is -2.00. The lowest BCUT2D eigenvalue weighted by atomic mass is 10.2. The van der Waals surface area contributed by atoms with Gasteiger partial charge in [0.15, 0.2) is 0 Å². The fourth-order valence-corrected chi connectivity index (χ4v) is 1.36. The van der Waals surface area contributed by atoms with Gasteiger partial charge in [-0.2, -0.15) is 0 Å². The fourth-order valence-electron chi connectivity index (χ4n) is 1.36. The highest BCUT2D eigenvalue weighted by molar-refractivity contribution is 6.01. The third kappa shape index (κ3) is 9.24. The Morgan fingerprint density at radius 3 is 1.31 bits per heavy atom. The monoisotopic (exact) mass is 222 g/mol. The van der Waals surface area contributed by atoms with Crippen LogP contribution in [0.15, 0.2) is 9.98 Å². The maximum atomic E-state index is 7.32. The topological polar surface area (TPSA) is 72.4 Å². The summed E-state index contributed by atoms with van der Waals surface area (Å²) in [5, 5.41) is 14.6. The summed E-state index contributed by atoms with van der Waals surface area (Å²) in [6, 6.07) is 0. The molecule has 4 nitrogen and oxygen atoms in total. The van der Waals surface area contributed by atoms with Crippen LogP contribution in [0.5, 0.6) is 0 Å². The van der Waals surface area contributed by atoms with E-state index < -0.39 is 0 Å². The second kappa shape index (κ2) is 7.91. The van der Waals surface area contributed by atoms with E-state index in [9.17, 15) is 0 Å². The summed E-state index contributed by atoms with van der Waals surface area (Å²) in [5.74, 6) is 0. The minimum absolute atomic E-state index is 0.639. The van der Waals surface area contributed by atoms with E-state index in [0.29, 0.717) is 37.4 Å². The lowest BCUT2D eigenvalue weighted by Crippen LogP contribution is -2.03. The third-order valence-electron chi connectivity index (χ3n) is 1.91. The molecule has 4 heteroatoms. The van der Waals surface area contributed by atoms with Crippen LogP contribution in [0.2, 0.25) is 0 Å². The zero-order chi connectivity index (χ0) is 12.6. The molecule has 0 bridgehead atoms. The first-order valence-corrected chi connectivity index (χ1v) is 5.49. The van der Waals surface area contributed by atoms with Crippen LogP contribution in [0, 0.1) is 10.8 Å². The molecule has 0 aliphatic heterocycles. The smallest absolute Gasteiger partial charge is 0.0584 e. The van der Waals surface area contributed by atoms with Crippen molar-refractivity contribution in [1.29, 1.82) is 10.8 Å². The minimum atomic E-state index is 0.639. The third-order valence-corrected chi connectivity index (χ3v) is 1.91. The Bertz CT molecular complexity index is 281. The van der Waals surface area contributed by atoms with Gasteiger partial charge in [0.05, 0.1) is 13.1 Å². The van der Waals surface area contributed by atoms with E-state index in [1.54, 1.807) is 13.8 Å². The molecule has 0 spiro atoms.